The van der Waals surface area contributed by atoms with Crippen LogP contribution in [0, 0.1) is 0 Å². The summed E-state index contributed by atoms with van der Waals surface area (Å²) in [4.78, 5) is 9.91. The zero-order valence-corrected chi connectivity index (χ0v) is 6.41. The molecule has 0 aliphatic rings. The molecule has 0 amide bonds. The van der Waals surface area contributed by atoms with Crippen LogP contribution in [0.4, 0.5) is 0 Å². The lowest BCUT2D eigenvalue weighted by molar-refractivity contribution is -0.108. The van der Waals surface area contributed by atoms with E-state index in [1.165, 1.54) is 7.11 Å². The van der Waals surface area contributed by atoms with Crippen LogP contribution in [-0.2, 0) is 9.53 Å². The number of aliphatic hydroxyl groups excluding tert-OH is 1. The van der Waals surface area contributed by atoms with Crippen molar-refractivity contribution in [3.63, 3.8) is 0 Å². The van der Waals surface area contributed by atoms with E-state index in [-0.39, 0.29) is 6.10 Å². The largest absolute Gasteiger partial charge is 0.391 e. The molecule has 0 radical (unpaired) electrons. The van der Waals surface area contributed by atoms with Crippen molar-refractivity contribution in [3.05, 3.63) is 0 Å². The summed E-state index contributed by atoms with van der Waals surface area (Å²) in [6.07, 6.45) is 1.17. The first-order chi connectivity index (χ1) is 4.72. The molecule has 0 bridgehead atoms. The van der Waals surface area contributed by atoms with E-state index < -0.39 is 6.10 Å². The van der Waals surface area contributed by atoms with E-state index in [2.05, 4.69) is 0 Å². The topological polar surface area (TPSA) is 46.5 Å². The molecule has 2 atom stereocenters. The molecule has 0 fully saturated rings. The fourth-order valence-electron chi connectivity index (χ4n) is 0.788. The first kappa shape index (κ1) is 9.59. The van der Waals surface area contributed by atoms with Crippen molar-refractivity contribution in [2.24, 2.45) is 0 Å². The number of aldehydes is 1. The Hall–Kier alpha value is -0.410. The van der Waals surface area contributed by atoms with Crippen LogP contribution in [0.25, 0.3) is 0 Å². The summed E-state index contributed by atoms with van der Waals surface area (Å²) < 4.78 is 4.90. The molecule has 0 aromatic heterocycles. The lowest BCUT2D eigenvalue weighted by Crippen LogP contribution is -2.24. The highest BCUT2D eigenvalue weighted by molar-refractivity contribution is 5.49. The summed E-state index contributed by atoms with van der Waals surface area (Å²) in [5, 5.41) is 9.00. The summed E-state index contributed by atoms with van der Waals surface area (Å²) in [5.41, 5.74) is 0. The van der Waals surface area contributed by atoms with Crippen molar-refractivity contribution in [2.75, 3.05) is 7.11 Å². The van der Waals surface area contributed by atoms with Crippen LogP contribution in [0.1, 0.15) is 19.8 Å². The second kappa shape index (κ2) is 5.38. The summed E-state index contributed by atoms with van der Waals surface area (Å²) in [6, 6.07) is 0. The molecule has 0 saturated carbocycles. The van der Waals surface area contributed by atoms with Gasteiger partial charge in [-0.25, -0.2) is 0 Å². The number of hydrogen-bond acceptors (Lipinski definition) is 3. The van der Waals surface area contributed by atoms with Crippen LogP contribution in [0.3, 0.4) is 0 Å². The minimum absolute atomic E-state index is 0.204. The number of hydrogen-bond donors (Lipinski definition) is 1. The molecule has 0 aliphatic heterocycles. The SMILES string of the molecule is CO[C@@H](CCC=O)[C@H](C)O. The standard InChI is InChI=1S/C7H14O3/c1-6(9)7(10-2)4-3-5-8/h5-7,9H,3-4H2,1-2H3/t6-,7-/m0/s1. The van der Waals surface area contributed by atoms with E-state index in [9.17, 15) is 4.79 Å². The molecule has 3 heteroatoms. The normalized spacial score (nSPS) is 16.3. The molecule has 0 aliphatic carbocycles. The maximum absolute atomic E-state index is 9.91. The van der Waals surface area contributed by atoms with Crippen molar-refractivity contribution >= 4 is 6.29 Å². The first-order valence-electron chi connectivity index (χ1n) is 3.37. The van der Waals surface area contributed by atoms with Crippen LogP contribution in [0.15, 0.2) is 0 Å². The van der Waals surface area contributed by atoms with Crippen LogP contribution in [-0.4, -0.2) is 30.7 Å². The van der Waals surface area contributed by atoms with E-state index in [0.29, 0.717) is 12.8 Å². The van der Waals surface area contributed by atoms with Gasteiger partial charge in [-0.1, -0.05) is 0 Å². The maximum atomic E-state index is 9.91. The van der Waals surface area contributed by atoms with Gasteiger partial charge in [0.05, 0.1) is 12.2 Å². The second-order valence-corrected chi connectivity index (χ2v) is 2.26. The maximum Gasteiger partial charge on any atom is 0.120 e. The molecule has 0 saturated heterocycles. The molecule has 3 nitrogen and oxygen atoms in total. The molecule has 10 heavy (non-hydrogen) atoms. The van der Waals surface area contributed by atoms with E-state index >= 15 is 0 Å². The van der Waals surface area contributed by atoms with Gasteiger partial charge in [-0.2, -0.15) is 0 Å². The molecular formula is C7H14O3. The quantitative estimate of drug-likeness (QED) is 0.570. The zero-order chi connectivity index (χ0) is 7.98. The van der Waals surface area contributed by atoms with Crippen molar-refractivity contribution in [1.29, 1.82) is 0 Å². The first-order valence-corrected chi connectivity index (χ1v) is 3.37. The highest BCUT2D eigenvalue weighted by Crippen LogP contribution is 2.04. The number of methoxy groups -OCH3 is 1. The average Bonchev–Trinajstić information content (AvgIpc) is 1.89. The summed E-state index contributed by atoms with van der Waals surface area (Å²) in [5.74, 6) is 0. The van der Waals surface area contributed by atoms with Crippen molar-refractivity contribution in [3.8, 4) is 0 Å². The molecule has 0 rings (SSSR count). The fourth-order valence-corrected chi connectivity index (χ4v) is 0.788. The summed E-state index contributed by atoms with van der Waals surface area (Å²) in [6.45, 7) is 1.65. The van der Waals surface area contributed by atoms with Gasteiger partial charge in [0.2, 0.25) is 0 Å². The Labute approximate surface area is 61.0 Å². The Morgan fingerprint density at radius 3 is 2.60 bits per heavy atom. The lowest BCUT2D eigenvalue weighted by Gasteiger charge is -2.16. The van der Waals surface area contributed by atoms with E-state index in [4.69, 9.17) is 9.84 Å². The molecule has 0 aromatic carbocycles. The van der Waals surface area contributed by atoms with E-state index in [0.717, 1.165) is 6.29 Å². The van der Waals surface area contributed by atoms with Crippen molar-refractivity contribution in [2.45, 2.75) is 32.0 Å². The molecular weight excluding hydrogens is 132 g/mol. The van der Waals surface area contributed by atoms with Gasteiger partial charge in [0.15, 0.2) is 0 Å². The Morgan fingerprint density at radius 1 is 1.70 bits per heavy atom. The van der Waals surface area contributed by atoms with E-state index in [1.54, 1.807) is 6.92 Å². The Kier molecular flexibility index (Phi) is 5.16. The summed E-state index contributed by atoms with van der Waals surface area (Å²) >= 11 is 0. The monoisotopic (exact) mass is 146 g/mol. The second-order valence-electron chi connectivity index (χ2n) is 2.26. The van der Waals surface area contributed by atoms with E-state index in [1.807, 2.05) is 0 Å². The van der Waals surface area contributed by atoms with Gasteiger partial charge < -0.3 is 14.6 Å². The van der Waals surface area contributed by atoms with Crippen LogP contribution in [0.5, 0.6) is 0 Å². The molecule has 0 spiro atoms. The van der Waals surface area contributed by atoms with Crippen LogP contribution < -0.4 is 0 Å². The molecule has 0 heterocycles. The number of carbonyl (C=O) groups excluding carboxylic acids is 1. The van der Waals surface area contributed by atoms with Crippen LogP contribution >= 0.6 is 0 Å². The smallest absolute Gasteiger partial charge is 0.120 e. The van der Waals surface area contributed by atoms with Crippen molar-refractivity contribution in [1.82, 2.24) is 0 Å². The van der Waals surface area contributed by atoms with Crippen LogP contribution in [0.2, 0.25) is 0 Å². The third-order valence-electron chi connectivity index (χ3n) is 1.41. The third kappa shape index (κ3) is 3.58. The highest BCUT2D eigenvalue weighted by atomic mass is 16.5. The number of ether oxygens (including phenoxy) is 1. The number of carbonyl (C=O) groups is 1. The highest BCUT2D eigenvalue weighted by Gasteiger charge is 2.12. The van der Waals surface area contributed by atoms with Gasteiger partial charge in [-0.05, 0) is 13.3 Å². The van der Waals surface area contributed by atoms with Gasteiger partial charge in [0, 0.05) is 13.5 Å². The van der Waals surface area contributed by atoms with Gasteiger partial charge in [0.25, 0.3) is 0 Å². The minimum Gasteiger partial charge on any atom is -0.391 e. The molecule has 0 aromatic rings. The van der Waals surface area contributed by atoms with Gasteiger partial charge in [0.1, 0.15) is 6.29 Å². The van der Waals surface area contributed by atoms with Gasteiger partial charge in [-0.3, -0.25) is 0 Å². The third-order valence-corrected chi connectivity index (χ3v) is 1.41. The Balaban J connectivity index is 3.49. The lowest BCUT2D eigenvalue weighted by atomic mass is 10.1. The van der Waals surface area contributed by atoms with Gasteiger partial charge in [-0.15, -0.1) is 0 Å². The molecule has 0 unspecified atom stereocenters. The molecule has 60 valence electrons. The zero-order valence-electron chi connectivity index (χ0n) is 6.41. The minimum atomic E-state index is -0.495. The summed E-state index contributed by atoms with van der Waals surface area (Å²) in [7, 11) is 1.53. The Morgan fingerprint density at radius 2 is 2.30 bits per heavy atom. The average molecular weight is 146 g/mol. The predicted octanol–water partition coefficient (Wildman–Crippen LogP) is 0.361. The predicted molar refractivity (Wildman–Crippen MR) is 37.8 cm³/mol. The number of rotatable bonds is 5. The van der Waals surface area contributed by atoms with Crippen molar-refractivity contribution < 1.29 is 14.6 Å². The molecule has 1 N–H and O–H groups in total. The van der Waals surface area contributed by atoms with Gasteiger partial charge >= 0.3 is 0 Å². The number of aliphatic hydroxyl groups is 1. The Bertz CT molecular complexity index is 90.9. The fraction of sp³-hybridized carbons (Fsp3) is 0.857.